The third kappa shape index (κ3) is 3.79. The summed E-state index contributed by atoms with van der Waals surface area (Å²) in [5.41, 5.74) is 0.660. The van der Waals surface area contributed by atoms with Gasteiger partial charge in [0.25, 0.3) is 0 Å². The van der Waals surface area contributed by atoms with Gasteiger partial charge >= 0.3 is 0 Å². The zero-order chi connectivity index (χ0) is 14.5. The molecule has 1 unspecified atom stereocenters. The van der Waals surface area contributed by atoms with Crippen LogP contribution in [0.2, 0.25) is 0 Å². The molecule has 0 bridgehead atoms. The fourth-order valence-corrected chi connectivity index (χ4v) is 2.45. The van der Waals surface area contributed by atoms with Gasteiger partial charge in [0.15, 0.2) is 0 Å². The molecule has 1 fully saturated rings. The summed E-state index contributed by atoms with van der Waals surface area (Å²) in [5.74, 6) is -0.263. The molecule has 1 aliphatic rings. The van der Waals surface area contributed by atoms with Crippen LogP contribution in [0.15, 0.2) is 24.3 Å². The van der Waals surface area contributed by atoms with Gasteiger partial charge in [-0.25, -0.2) is 4.39 Å². The standard InChI is InChI=1S/C16H22FNO2/c1-12(6-7-13-4-2-3-5-15(13)17)16(20)18(10-11-19)14-8-9-14/h2-5,12,14,19H,6-11H2,1H3. The Labute approximate surface area is 119 Å². The lowest BCUT2D eigenvalue weighted by Gasteiger charge is -2.25. The Bertz CT molecular complexity index is 460. The molecule has 1 aromatic carbocycles. The number of benzene rings is 1. The Balaban J connectivity index is 1.88. The van der Waals surface area contributed by atoms with Crippen LogP contribution in [0, 0.1) is 11.7 Å². The molecule has 1 aliphatic carbocycles. The summed E-state index contributed by atoms with van der Waals surface area (Å²) in [6.07, 6.45) is 3.27. The van der Waals surface area contributed by atoms with Crippen molar-refractivity contribution in [2.24, 2.45) is 5.92 Å². The molecule has 4 heteroatoms. The Morgan fingerprint density at radius 2 is 2.15 bits per heavy atom. The zero-order valence-electron chi connectivity index (χ0n) is 11.9. The first kappa shape index (κ1) is 15.0. The number of halogens is 1. The molecule has 0 aliphatic heterocycles. The van der Waals surface area contributed by atoms with E-state index in [9.17, 15) is 9.18 Å². The molecule has 1 amide bonds. The summed E-state index contributed by atoms with van der Waals surface area (Å²) >= 11 is 0. The molecule has 0 radical (unpaired) electrons. The molecule has 1 N–H and O–H groups in total. The molecule has 0 spiro atoms. The molecule has 1 aromatic rings. The summed E-state index contributed by atoms with van der Waals surface area (Å²) in [7, 11) is 0. The second-order valence-electron chi connectivity index (χ2n) is 5.52. The number of amides is 1. The summed E-state index contributed by atoms with van der Waals surface area (Å²) in [5, 5.41) is 9.04. The van der Waals surface area contributed by atoms with E-state index in [-0.39, 0.29) is 24.2 Å². The fraction of sp³-hybridized carbons (Fsp3) is 0.562. The van der Waals surface area contributed by atoms with Crippen LogP contribution in [-0.4, -0.2) is 35.1 Å². The maximum Gasteiger partial charge on any atom is 0.225 e. The van der Waals surface area contributed by atoms with Crippen LogP contribution in [0.5, 0.6) is 0 Å². The first-order chi connectivity index (χ1) is 9.63. The minimum absolute atomic E-state index is 0.00226. The van der Waals surface area contributed by atoms with E-state index < -0.39 is 0 Å². The van der Waals surface area contributed by atoms with Crippen molar-refractivity contribution in [3.8, 4) is 0 Å². The van der Waals surface area contributed by atoms with Crippen LogP contribution in [0.25, 0.3) is 0 Å². The number of rotatable bonds is 7. The second kappa shape index (κ2) is 6.84. The highest BCUT2D eigenvalue weighted by atomic mass is 19.1. The normalized spacial score (nSPS) is 15.9. The van der Waals surface area contributed by atoms with E-state index in [1.165, 1.54) is 6.07 Å². The van der Waals surface area contributed by atoms with Crippen LogP contribution >= 0.6 is 0 Å². The molecule has 3 nitrogen and oxygen atoms in total. The molecular formula is C16H22FNO2. The van der Waals surface area contributed by atoms with Gasteiger partial charge in [0, 0.05) is 18.5 Å². The van der Waals surface area contributed by atoms with Crippen LogP contribution in [0.3, 0.4) is 0 Å². The number of carbonyl (C=O) groups excluding carboxylic acids is 1. The Hall–Kier alpha value is -1.42. The van der Waals surface area contributed by atoms with Crippen LogP contribution in [-0.2, 0) is 11.2 Å². The highest BCUT2D eigenvalue weighted by Crippen LogP contribution is 2.28. The van der Waals surface area contributed by atoms with Gasteiger partial charge in [0.2, 0.25) is 5.91 Å². The van der Waals surface area contributed by atoms with Crippen molar-refractivity contribution in [3.63, 3.8) is 0 Å². The van der Waals surface area contributed by atoms with Gasteiger partial charge in [-0.05, 0) is 37.3 Å². The molecule has 1 saturated carbocycles. The topological polar surface area (TPSA) is 40.5 Å². The molecular weight excluding hydrogens is 257 g/mol. The van der Waals surface area contributed by atoms with Crippen molar-refractivity contribution in [2.75, 3.05) is 13.2 Å². The van der Waals surface area contributed by atoms with Gasteiger partial charge in [-0.2, -0.15) is 0 Å². The maximum absolute atomic E-state index is 13.5. The summed E-state index contributed by atoms with van der Waals surface area (Å²) < 4.78 is 13.5. The highest BCUT2D eigenvalue weighted by Gasteiger charge is 2.33. The SMILES string of the molecule is CC(CCc1ccccc1F)C(=O)N(CCO)C1CC1. The smallest absolute Gasteiger partial charge is 0.225 e. The third-order valence-electron chi connectivity index (χ3n) is 3.84. The van der Waals surface area contributed by atoms with E-state index in [2.05, 4.69) is 0 Å². The van der Waals surface area contributed by atoms with Gasteiger partial charge < -0.3 is 10.0 Å². The number of aliphatic hydroxyl groups excluding tert-OH is 1. The monoisotopic (exact) mass is 279 g/mol. The molecule has 1 atom stereocenters. The van der Waals surface area contributed by atoms with Crippen molar-refractivity contribution in [1.29, 1.82) is 0 Å². The number of hydrogen-bond acceptors (Lipinski definition) is 2. The van der Waals surface area contributed by atoms with Crippen molar-refractivity contribution in [2.45, 2.75) is 38.6 Å². The first-order valence-corrected chi connectivity index (χ1v) is 7.28. The Morgan fingerprint density at radius 1 is 1.45 bits per heavy atom. The van der Waals surface area contributed by atoms with E-state index in [1.807, 2.05) is 13.0 Å². The molecule has 0 heterocycles. The second-order valence-corrected chi connectivity index (χ2v) is 5.52. The number of carbonyl (C=O) groups is 1. The minimum atomic E-state index is -0.207. The van der Waals surface area contributed by atoms with E-state index in [0.717, 1.165) is 12.8 Å². The van der Waals surface area contributed by atoms with Crippen LogP contribution in [0.4, 0.5) is 4.39 Å². The lowest BCUT2D eigenvalue weighted by molar-refractivity contribution is -0.136. The first-order valence-electron chi connectivity index (χ1n) is 7.28. The van der Waals surface area contributed by atoms with E-state index >= 15 is 0 Å². The predicted octanol–water partition coefficient (Wildman–Crippen LogP) is 2.38. The van der Waals surface area contributed by atoms with Gasteiger partial charge in [-0.3, -0.25) is 4.79 Å². The molecule has 20 heavy (non-hydrogen) atoms. The minimum Gasteiger partial charge on any atom is -0.395 e. The van der Waals surface area contributed by atoms with Crippen molar-refractivity contribution >= 4 is 5.91 Å². The van der Waals surface area contributed by atoms with E-state index in [1.54, 1.807) is 17.0 Å². The molecule has 0 saturated heterocycles. The number of nitrogens with zero attached hydrogens (tertiary/aromatic N) is 1. The Morgan fingerprint density at radius 3 is 2.75 bits per heavy atom. The lowest BCUT2D eigenvalue weighted by atomic mass is 9.99. The van der Waals surface area contributed by atoms with Crippen molar-refractivity contribution in [3.05, 3.63) is 35.6 Å². The predicted molar refractivity (Wildman–Crippen MR) is 75.7 cm³/mol. The molecule has 2 rings (SSSR count). The van der Waals surface area contributed by atoms with Crippen molar-refractivity contribution in [1.82, 2.24) is 4.90 Å². The van der Waals surface area contributed by atoms with E-state index in [0.29, 0.717) is 31.0 Å². The summed E-state index contributed by atoms with van der Waals surface area (Å²) in [6.45, 7) is 2.30. The fourth-order valence-electron chi connectivity index (χ4n) is 2.45. The average molecular weight is 279 g/mol. The van der Waals surface area contributed by atoms with Gasteiger partial charge in [-0.15, -0.1) is 0 Å². The van der Waals surface area contributed by atoms with E-state index in [4.69, 9.17) is 5.11 Å². The number of aryl methyl sites for hydroxylation is 1. The summed E-state index contributed by atoms with van der Waals surface area (Å²) in [6, 6.07) is 7.00. The number of hydrogen-bond donors (Lipinski definition) is 1. The quantitative estimate of drug-likeness (QED) is 0.832. The lowest BCUT2D eigenvalue weighted by Crippen LogP contribution is -2.39. The van der Waals surface area contributed by atoms with Crippen LogP contribution in [0.1, 0.15) is 31.7 Å². The molecule has 110 valence electrons. The maximum atomic E-state index is 13.5. The third-order valence-corrected chi connectivity index (χ3v) is 3.84. The van der Waals surface area contributed by atoms with Gasteiger partial charge in [0.05, 0.1) is 6.61 Å². The van der Waals surface area contributed by atoms with Gasteiger partial charge in [0.1, 0.15) is 5.82 Å². The Kier molecular flexibility index (Phi) is 5.12. The highest BCUT2D eigenvalue weighted by molar-refractivity contribution is 5.79. The van der Waals surface area contributed by atoms with Crippen molar-refractivity contribution < 1.29 is 14.3 Å². The molecule has 0 aromatic heterocycles. The largest absolute Gasteiger partial charge is 0.395 e. The van der Waals surface area contributed by atoms with Crippen LogP contribution < -0.4 is 0 Å². The number of aliphatic hydroxyl groups is 1. The van der Waals surface area contributed by atoms with Gasteiger partial charge in [-0.1, -0.05) is 25.1 Å². The summed E-state index contributed by atoms with van der Waals surface area (Å²) in [4.78, 5) is 14.1. The zero-order valence-corrected chi connectivity index (χ0v) is 11.9. The average Bonchev–Trinajstić information content (AvgIpc) is 3.27.